The molecule has 0 atom stereocenters. The molecule has 0 aliphatic rings. The van der Waals surface area contributed by atoms with Crippen molar-refractivity contribution in [2.75, 3.05) is 0 Å². The molecule has 0 spiro atoms. The van der Waals surface area contributed by atoms with Crippen LogP contribution in [0.4, 0.5) is 0 Å². The van der Waals surface area contributed by atoms with Crippen LogP contribution in [0.15, 0.2) is 54.6 Å². The van der Waals surface area contributed by atoms with Crippen LogP contribution in [0.25, 0.3) is 19.3 Å². The van der Waals surface area contributed by atoms with Gasteiger partial charge in [-0.25, -0.2) is 0 Å². The molecule has 0 amide bonds. The quantitative estimate of drug-likeness (QED) is 0.399. The van der Waals surface area contributed by atoms with Crippen LogP contribution in [0.3, 0.4) is 0 Å². The first-order valence-electron chi connectivity index (χ1n) is 5.78. The minimum atomic E-state index is 0.0367. The average molecular weight is 299 g/mol. The van der Waals surface area contributed by atoms with Crippen LogP contribution in [0.2, 0.25) is 0 Å². The van der Waals surface area contributed by atoms with Gasteiger partial charge in [0.2, 0.25) is 0 Å². The van der Waals surface area contributed by atoms with Gasteiger partial charge < -0.3 is 0 Å². The normalized spacial score (nSPS) is 10.9. The summed E-state index contributed by atoms with van der Waals surface area (Å²) in [5, 5.41) is 2.50. The van der Waals surface area contributed by atoms with Crippen LogP contribution < -0.4 is 0 Å². The van der Waals surface area contributed by atoms with Gasteiger partial charge >= 0.3 is 111 Å². The number of hydrogen-bond acceptors (Lipinski definition) is 1. The fourth-order valence-electron chi connectivity index (χ4n) is 2.11. The van der Waals surface area contributed by atoms with Crippen molar-refractivity contribution < 1.29 is 4.79 Å². The molecule has 3 aromatic rings. The monoisotopic (exact) mass is 300 g/mol. The number of ketones is 1. The molecule has 0 aliphatic carbocycles. The molecule has 0 saturated carbocycles. The molecule has 2 heteroatoms. The summed E-state index contributed by atoms with van der Waals surface area (Å²) < 4.78 is 2.77. The molecule has 1 nitrogen and oxygen atoms in total. The summed E-state index contributed by atoms with van der Waals surface area (Å²) in [6.07, 6.45) is 0. The van der Waals surface area contributed by atoms with E-state index in [-0.39, 0.29) is 5.78 Å². The van der Waals surface area contributed by atoms with Crippen molar-refractivity contribution in [3.05, 3.63) is 60.2 Å². The number of carbonyl (C=O) groups is 1. The second-order valence-electron chi connectivity index (χ2n) is 4.42. The van der Waals surface area contributed by atoms with E-state index in [1.54, 1.807) is 6.92 Å². The first-order chi connectivity index (χ1) is 8.66. The average Bonchev–Trinajstić information content (AvgIpc) is 2.75. The van der Waals surface area contributed by atoms with E-state index in [2.05, 4.69) is 36.9 Å². The van der Waals surface area contributed by atoms with Gasteiger partial charge in [0.15, 0.2) is 0 Å². The molecule has 0 fully saturated rings. The van der Waals surface area contributed by atoms with Gasteiger partial charge in [0, 0.05) is 0 Å². The van der Waals surface area contributed by atoms with Gasteiger partial charge in [-0.05, 0) is 0 Å². The molecular weight excluding hydrogens is 287 g/mol. The zero-order chi connectivity index (χ0) is 12.7. The van der Waals surface area contributed by atoms with E-state index in [4.69, 9.17) is 0 Å². The van der Waals surface area contributed by atoms with Crippen LogP contribution in [0.5, 0.6) is 0 Å². The second kappa shape index (κ2) is 4.24. The molecule has 3 rings (SSSR count). The number of hydrogen-bond donors (Lipinski definition) is 0. The van der Waals surface area contributed by atoms with E-state index in [9.17, 15) is 4.79 Å². The van der Waals surface area contributed by atoms with Gasteiger partial charge in [-0.2, -0.15) is 0 Å². The number of benzene rings is 2. The zero-order valence-corrected chi connectivity index (χ0v) is 11.8. The standard InChI is InChI=1S/C16H12OSe/c1-10(2)16(17)11-7-8-15-13(9-11)12-5-3-4-6-14(12)18-15/h3-9H,1H2,2H3. The van der Waals surface area contributed by atoms with E-state index in [0.29, 0.717) is 20.1 Å². The van der Waals surface area contributed by atoms with Gasteiger partial charge in [-0.15, -0.1) is 0 Å². The molecule has 0 bridgehead atoms. The summed E-state index contributed by atoms with van der Waals surface area (Å²) >= 11 is 0.372. The van der Waals surface area contributed by atoms with Crippen LogP contribution in [0, 0.1) is 0 Å². The first kappa shape index (κ1) is 11.5. The Morgan fingerprint density at radius 1 is 1.06 bits per heavy atom. The summed E-state index contributed by atoms with van der Waals surface area (Å²) in [7, 11) is 0. The van der Waals surface area contributed by atoms with Gasteiger partial charge in [-0.3, -0.25) is 0 Å². The molecule has 1 heterocycles. The van der Waals surface area contributed by atoms with E-state index < -0.39 is 0 Å². The maximum atomic E-state index is 12.0. The molecule has 0 unspecified atom stereocenters. The Morgan fingerprint density at radius 3 is 2.56 bits per heavy atom. The van der Waals surface area contributed by atoms with Crippen LogP contribution in [-0.2, 0) is 0 Å². The number of Topliss-reactive ketones (excluding diaryl/α,β-unsaturated/α-hetero) is 1. The Labute approximate surface area is 111 Å². The molecule has 0 N–H and O–H groups in total. The van der Waals surface area contributed by atoms with Crippen LogP contribution >= 0.6 is 0 Å². The third-order valence-electron chi connectivity index (χ3n) is 3.03. The number of fused-ring (bicyclic) bond motifs is 3. The minimum absolute atomic E-state index is 0.0367. The van der Waals surface area contributed by atoms with Gasteiger partial charge in [0.25, 0.3) is 0 Å². The molecule has 1 aromatic heterocycles. The summed E-state index contributed by atoms with van der Waals surface area (Å²) in [6.45, 7) is 5.48. The zero-order valence-electron chi connectivity index (χ0n) is 10.1. The Morgan fingerprint density at radius 2 is 1.78 bits per heavy atom. The predicted octanol–water partition coefficient (Wildman–Crippen LogP) is 3.81. The number of allylic oxidation sites excluding steroid dienone is 1. The van der Waals surface area contributed by atoms with Crippen molar-refractivity contribution in [1.82, 2.24) is 0 Å². The van der Waals surface area contributed by atoms with Crippen molar-refractivity contribution in [2.24, 2.45) is 0 Å². The molecule has 0 aliphatic heterocycles. The molecular formula is C16H12OSe. The van der Waals surface area contributed by atoms with Crippen molar-refractivity contribution in [2.45, 2.75) is 6.92 Å². The van der Waals surface area contributed by atoms with E-state index in [1.807, 2.05) is 12.1 Å². The summed E-state index contributed by atoms with van der Waals surface area (Å²) in [5.74, 6) is 0.0367. The Kier molecular flexibility index (Phi) is 2.70. The molecule has 0 radical (unpaired) electrons. The summed E-state index contributed by atoms with van der Waals surface area (Å²) in [6, 6.07) is 14.5. The molecule has 18 heavy (non-hydrogen) atoms. The Bertz CT molecular complexity index is 780. The van der Waals surface area contributed by atoms with Gasteiger partial charge in [0.05, 0.1) is 0 Å². The SMILES string of the molecule is C=C(C)C(=O)c1ccc2[se]c3ccccc3c2c1. The van der Waals surface area contributed by atoms with E-state index >= 15 is 0 Å². The number of carbonyl (C=O) groups excluding carboxylic acids is 1. The van der Waals surface area contributed by atoms with E-state index in [0.717, 1.165) is 5.56 Å². The van der Waals surface area contributed by atoms with Crippen LogP contribution in [0.1, 0.15) is 17.3 Å². The molecule has 2 aromatic carbocycles. The molecule has 0 saturated heterocycles. The van der Waals surface area contributed by atoms with E-state index in [1.165, 1.54) is 19.3 Å². The maximum absolute atomic E-state index is 12.0. The Balaban J connectivity index is 2.31. The van der Waals surface area contributed by atoms with Crippen molar-refractivity contribution in [3.8, 4) is 0 Å². The third kappa shape index (κ3) is 1.74. The third-order valence-corrected chi connectivity index (χ3v) is 5.44. The predicted molar refractivity (Wildman–Crippen MR) is 77.5 cm³/mol. The van der Waals surface area contributed by atoms with Crippen molar-refractivity contribution >= 4 is 39.6 Å². The first-order valence-corrected chi connectivity index (χ1v) is 7.49. The summed E-state index contributed by atoms with van der Waals surface area (Å²) in [4.78, 5) is 12.0. The van der Waals surface area contributed by atoms with Gasteiger partial charge in [-0.1, -0.05) is 0 Å². The van der Waals surface area contributed by atoms with Gasteiger partial charge in [0.1, 0.15) is 0 Å². The van der Waals surface area contributed by atoms with Crippen molar-refractivity contribution in [1.29, 1.82) is 0 Å². The topological polar surface area (TPSA) is 17.1 Å². The van der Waals surface area contributed by atoms with Crippen LogP contribution in [-0.4, -0.2) is 20.3 Å². The number of rotatable bonds is 2. The second-order valence-corrected chi connectivity index (χ2v) is 6.69. The Hall–Kier alpha value is -1.63. The fraction of sp³-hybridized carbons (Fsp3) is 0.0625. The summed E-state index contributed by atoms with van der Waals surface area (Å²) in [5.41, 5.74) is 1.33. The molecule has 88 valence electrons. The van der Waals surface area contributed by atoms with Crippen molar-refractivity contribution in [3.63, 3.8) is 0 Å². The fourth-order valence-corrected chi connectivity index (χ4v) is 4.39.